The van der Waals surface area contributed by atoms with E-state index in [1.807, 2.05) is 22.3 Å². The van der Waals surface area contributed by atoms with Crippen LogP contribution in [0.2, 0.25) is 0 Å². The van der Waals surface area contributed by atoms with Gasteiger partial charge in [0.2, 0.25) is 5.91 Å². The van der Waals surface area contributed by atoms with Crippen molar-refractivity contribution in [1.29, 1.82) is 0 Å². The van der Waals surface area contributed by atoms with Gasteiger partial charge in [0.25, 0.3) is 5.56 Å². The standard InChI is InChI=1S/C20H26N4O2S/c1-5-18-21-22(11-19(25)23-12(2)7-6-8-13(23)3)20(26)16-10-17-15(24(16)18)9-14(4)27-17/h9-10,12-13H,5-8,11H2,1-4H3. The quantitative estimate of drug-likeness (QED) is 0.693. The minimum atomic E-state index is -0.195. The molecule has 6 nitrogen and oxygen atoms in total. The number of carbonyl (C=O) groups excluding carboxylic acids is 1. The lowest BCUT2D eigenvalue weighted by molar-refractivity contribution is -0.138. The van der Waals surface area contributed by atoms with Crippen LogP contribution in [0.25, 0.3) is 15.7 Å². The van der Waals surface area contributed by atoms with E-state index in [-0.39, 0.29) is 30.1 Å². The third-order valence-electron chi connectivity index (χ3n) is 5.64. The Kier molecular flexibility index (Phi) is 4.58. The lowest BCUT2D eigenvalue weighted by Gasteiger charge is -2.39. The molecular weight excluding hydrogens is 360 g/mol. The highest BCUT2D eigenvalue weighted by Crippen LogP contribution is 2.28. The Morgan fingerprint density at radius 2 is 1.93 bits per heavy atom. The third kappa shape index (κ3) is 2.98. The molecule has 2 atom stereocenters. The van der Waals surface area contributed by atoms with E-state index in [1.165, 1.54) is 9.56 Å². The zero-order valence-electron chi connectivity index (χ0n) is 16.4. The summed E-state index contributed by atoms with van der Waals surface area (Å²) in [5, 5.41) is 4.56. The fraction of sp³-hybridized carbons (Fsp3) is 0.550. The monoisotopic (exact) mass is 386 g/mol. The predicted molar refractivity (Wildman–Crippen MR) is 109 cm³/mol. The Morgan fingerprint density at radius 1 is 1.22 bits per heavy atom. The SMILES string of the molecule is CCc1nn(CC(=O)N2C(C)CCCC2C)c(=O)c2cc3sc(C)cc3n12. The maximum Gasteiger partial charge on any atom is 0.291 e. The second-order valence-electron chi connectivity index (χ2n) is 7.63. The first kappa shape index (κ1) is 18.2. The second-order valence-corrected chi connectivity index (χ2v) is 8.92. The van der Waals surface area contributed by atoms with Crippen molar-refractivity contribution in [3.05, 3.63) is 33.2 Å². The zero-order chi connectivity index (χ0) is 19.3. The second kappa shape index (κ2) is 6.78. The van der Waals surface area contributed by atoms with Crippen molar-refractivity contribution in [3.63, 3.8) is 0 Å². The number of nitrogens with zero attached hydrogens (tertiary/aromatic N) is 4. The molecule has 144 valence electrons. The third-order valence-corrected chi connectivity index (χ3v) is 6.63. The number of piperidine rings is 1. The van der Waals surface area contributed by atoms with Crippen molar-refractivity contribution in [2.45, 2.75) is 72.0 Å². The number of likely N-dealkylation sites (tertiary alicyclic amines) is 1. The van der Waals surface area contributed by atoms with Crippen molar-refractivity contribution in [3.8, 4) is 0 Å². The van der Waals surface area contributed by atoms with Crippen molar-refractivity contribution in [1.82, 2.24) is 19.1 Å². The first-order valence-corrected chi connectivity index (χ1v) is 10.5. The molecule has 0 N–H and O–H groups in total. The number of aromatic nitrogens is 3. The van der Waals surface area contributed by atoms with E-state index in [0.29, 0.717) is 11.9 Å². The van der Waals surface area contributed by atoms with Crippen molar-refractivity contribution < 1.29 is 4.79 Å². The van der Waals surface area contributed by atoms with Gasteiger partial charge in [-0.3, -0.25) is 14.0 Å². The maximum atomic E-state index is 13.0. The maximum absolute atomic E-state index is 13.0. The van der Waals surface area contributed by atoms with E-state index in [2.05, 4.69) is 31.9 Å². The molecule has 1 fully saturated rings. The molecule has 1 aliphatic heterocycles. The topological polar surface area (TPSA) is 59.6 Å². The van der Waals surface area contributed by atoms with Crippen LogP contribution in [-0.4, -0.2) is 37.1 Å². The van der Waals surface area contributed by atoms with Gasteiger partial charge in [-0.15, -0.1) is 11.3 Å². The van der Waals surface area contributed by atoms with E-state index < -0.39 is 0 Å². The fourth-order valence-electron chi connectivity index (χ4n) is 4.37. The first-order chi connectivity index (χ1) is 12.9. The number of thiophene rings is 1. The number of fused-ring (bicyclic) bond motifs is 3. The van der Waals surface area contributed by atoms with Crippen molar-refractivity contribution >= 4 is 33.0 Å². The predicted octanol–water partition coefficient (Wildman–Crippen LogP) is 3.37. The first-order valence-electron chi connectivity index (χ1n) is 9.73. The fourth-order valence-corrected chi connectivity index (χ4v) is 5.31. The van der Waals surface area contributed by atoms with Gasteiger partial charge in [0.15, 0.2) is 0 Å². The number of amides is 1. The van der Waals surface area contributed by atoms with Crippen molar-refractivity contribution in [2.75, 3.05) is 0 Å². The Hall–Kier alpha value is -2.15. The van der Waals surface area contributed by atoms with Gasteiger partial charge < -0.3 is 4.90 Å². The van der Waals surface area contributed by atoms with Gasteiger partial charge in [0.05, 0.1) is 10.2 Å². The lowest BCUT2D eigenvalue weighted by atomic mass is 9.97. The summed E-state index contributed by atoms with van der Waals surface area (Å²) in [4.78, 5) is 29.2. The molecule has 0 bridgehead atoms. The number of hydrogen-bond donors (Lipinski definition) is 0. The molecule has 4 rings (SSSR count). The van der Waals surface area contributed by atoms with E-state index in [9.17, 15) is 9.59 Å². The summed E-state index contributed by atoms with van der Waals surface area (Å²) < 4.78 is 4.40. The summed E-state index contributed by atoms with van der Waals surface area (Å²) in [7, 11) is 0. The van der Waals surface area contributed by atoms with Crippen LogP contribution >= 0.6 is 11.3 Å². The van der Waals surface area contributed by atoms with Crippen LogP contribution in [0, 0.1) is 6.92 Å². The average molecular weight is 387 g/mol. The summed E-state index contributed by atoms with van der Waals surface area (Å²) in [6, 6.07) is 4.46. The van der Waals surface area contributed by atoms with Gasteiger partial charge in [-0.25, -0.2) is 4.68 Å². The highest BCUT2D eigenvalue weighted by Gasteiger charge is 2.29. The molecule has 7 heteroatoms. The molecule has 1 aliphatic rings. The number of hydrogen-bond acceptors (Lipinski definition) is 4. The molecule has 1 amide bonds. The molecule has 0 radical (unpaired) electrons. The minimum absolute atomic E-state index is 0.00880. The Balaban J connectivity index is 1.77. The zero-order valence-corrected chi connectivity index (χ0v) is 17.2. The number of carbonyl (C=O) groups is 1. The van der Waals surface area contributed by atoms with Crippen LogP contribution in [0.1, 0.15) is 50.7 Å². The molecule has 27 heavy (non-hydrogen) atoms. The van der Waals surface area contributed by atoms with Gasteiger partial charge in [-0.05, 0) is 52.2 Å². The van der Waals surface area contributed by atoms with Crippen LogP contribution in [0.5, 0.6) is 0 Å². The molecule has 3 aromatic heterocycles. The molecule has 1 saturated heterocycles. The van der Waals surface area contributed by atoms with Gasteiger partial charge in [-0.1, -0.05) is 6.92 Å². The summed E-state index contributed by atoms with van der Waals surface area (Å²) in [6.45, 7) is 8.28. The van der Waals surface area contributed by atoms with Crippen LogP contribution in [-0.2, 0) is 17.8 Å². The largest absolute Gasteiger partial charge is 0.336 e. The molecule has 0 spiro atoms. The van der Waals surface area contributed by atoms with E-state index in [0.717, 1.165) is 35.3 Å². The van der Waals surface area contributed by atoms with Gasteiger partial charge in [-0.2, -0.15) is 5.10 Å². The summed E-state index contributed by atoms with van der Waals surface area (Å²) in [5.41, 5.74) is 1.44. The lowest BCUT2D eigenvalue weighted by Crippen LogP contribution is -2.49. The van der Waals surface area contributed by atoms with Gasteiger partial charge in [0.1, 0.15) is 17.9 Å². The smallest absolute Gasteiger partial charge is 0.291 e. The van der Waals surface area contributed by atoms with Crippen LogP contribution in [0.15, 0.2) is 16.9 Å². The van der Waals surface area contributed by atoms with Gasteiger partial charge >= 0.3 is 0 Å². The highest BCUT2D eigenvalue weighted by molar-refractivity contribution is 7.19. The van der Waals surface area contributed by atoms with E-state index in [1.54, 1.807) is 11.3 Å². The molecule has 2 unspecified atom stereocenters. The normalized spacial score (nSPS) is 20.7. The number of aryl methyl sites for hydroxylation is 2. The van der Waals surface area contributed by atoms with Crippen LogP contribution in [0.3, 0.4) is 0 Å². The summed E-state index contributed by atoms with van der Waals surface area (Å²) in [6.07, 6.45) is 3.88. The van der Waals surface area contributed by atoms with Crippen LogP contribution < -0.4 is 5.56 Å². The average Bonchev–Trinajstić information content (AvgIpc) is 3.13. The molecule has 3 aromatic rings. The summed E-state index contributed by atoms with van der Waals surface area (Å²) >= 11 is 1.68. The van der Waals surface area contributed by atoms with Gasteiger partial charge in [0, 0.05) is 23.4 Å². The Morgan fingerprint density at radius 3 is 2.59 bits per heavy atom. The summed E-state index contributed by atoms with van der Waals surface area (Å²) in [5.74, 6) is 0.796. The molecular formula is C20H26N4O2S. The van der Waals surface area contributed by atoms with Crippen molar-refractivity contribution in [2.24, 2.45) is 0 Å². The molecule has 0 aliphatic carbocycles. The molecule has 0 aromatic carbocycles. The van der Waals surface area contributed by atoms with E-state index in [4.69, 9.17) is 0 Å². The molecule has 4 heterocycles. The minimum Gasteiger partial charge on any atom is -0.336 e. The van der Waals surface area contributed by atoms with Crippen LogP contribution in [0.4, 0.5) is 0 Å². The molecule has 0 saturated carbocycles. The Labute approximate surface area is 162 Å². The highest BCUT2D eigenvalue weighted by atomic mass is 32.1. The number of rotatable bonds is 3. The van der Waals surface area contributed by atoms with E-state index >= 15 is 0 Å². The Bertz CT molecular complexity index is 1070.